The van der Waals surface area contributed by atoms with E-state index in [1.807, 2.05) is 0 Å². The number of fused-ring (bicyclic) bond motifs is 1. The van der Waals surface area contributed by atoms with Gasteiger partial charge < -0.3 is 19.3 Å². The molecule has 0 aromatic carbocycles. The minimum atomic E-state index is -1.19. The summed E-state index contributed by atoms with van der Waals surface area (Å²) in [6, 6.07) is 0. The summed E-state index contributed by atoms with van der Waals surface area (Å²) in [5.74, 6) is -1.03. The average molecular weight is 376 g/mol. The molecule has 6 nitrogen and oxygen atoms in total. The predicted molar refractivity (Wildman–Crippen MR) is 94.1 cm³/mol. The number of esters is 1. The van der Waals surface area contributed by atoms with Crippen molar-refractivity contribution >= 4 is 11.8 Å². The number of aliphatic hydroxyl groups excluding tert-OH is 1. The van der Waals surface area contributed by atoms with Gasteiger partial charge in [0.2, 0.25) is 0 Å². The van der Waals surface area contributed by atoms with Crippen LogP contribution in [0.25, 0.3) is 0 Å². The van der Waals surface area contributed by atoms with Gasteiger partial charge in [0.15, 0.2) is 18.4 Å². The summed E-state index contributed by atoms with van der Waals surface area (Å²) in [7, 11) is 1.57. The van der Waals surface area contributed by atoms with Gasteiger partial charge in [-0.2, -0.15) is 0 Å². The number of hydrogen-bond acceptors (Lipinski definition) is 6. The van der Waals surface area contributed by atoms with Gasteiger partial charge in [-0.05, 0) is 54.9 Å². The molecule has 8 atom stereocenters. The van der Waals surface area contributed by atoms with Crippen molar-refractivity contribution < 1.29 is 28.9 Å². The summed E-state index contributed by atoms with van der Waals surface area (Å²) in [6.07, 6.45) is 1.44. The lowest BCUT2D eigenvalue weighted by Gasteiger charge is -2.62. The standard InChI is InChI=1S/C21H28O6/c1-10-11-5-6-12-20(9-11,15(10)22)17(24)26-13-7-8-19(2,3)14-16(23)27-18(25-4)21(12,13)14/h11-14,16,18,23H,1,5-9H2,2-4H3. The van der Waals surface area contributed by atoms with Crippen molar-refractivity contribution in [2.75, 3.05) is 7.11 Å². The second-order valence-corrected chi connectivity index (χ2v) is 9.85. The summed E-state index contributed by atoms with van der Waals surface area (Å²) in [5.41, 5.74) is -1.56. The van der Waals surface area contributed by atoms with Crippen molar-refractivity contribution in [3.8, 4) is 0 Å². The fourth-order valence-corrected chi connectivity index (χ4v) is 7.56. The van der Waals surface area contributed by atoms with Gasteiger partial charge in [0.1, 0.15) is 11.5 Å². The SMILES string of the molecule is C=C1C(=O)C23CC1CCC2C12C(CCC(C)(C)C1C(O)OC2OC)OC3=O. The summed E-state index contributed by atoms with van der Waals surface area (Å²) >= 11 is 0. The first-order valence-corrected chi connectivity index (χ1v) is 10.0. The van der Waals surface area contributed by atoms with E-state index in [2.05, 4.69) is 20.4 Å². The number of rotatable bonds is 1. The van der Waals surface area contributed by atoms with E-state index < -0.39 is 35.5 Å². The molecule has 0 aromatic rings. The lowest BCUT2D eigenvalue weighted by atomic mass is 9.43. The van der Waals surface area contributed by atoms with Crippen LogP contribution >= 0.6 is 0 Å². The zero-order valence-electron chi connectivity index (χ0n) is 16.2. The Morgan fingerprint density at radius 1 is 1.22 bits per heavy atom. The van der Waals surface area contributed by atoms with E-state index in [9.17, 15) is 14.7 Å². The maximum atomic E-state index is 13.3. The van der Waals surface area contributed by atoms with E-state index in [0.717, 1.165) is 19.3 Å². The second kappa shape index (κ2) is 5.22. The number of Topliss-reactive ketones (excluding diaryl/α,β-unsaturated/α-hetero) is 1. The molecule has 0 amide bonds. The van der Waals surface area contributed by atoms with E-state index >= 15 is 0 Å². The number of methoxy groups -OCH3 is 1. The van der Waals surface area contributed by atoms with Crippen LogP contribution < -0.4 is 0 Å². The van der Waals surface area contributed by atoms with Crippen LogP contribution in [0.2, 0.25) is 0 Å². The van der Waals surface area contributed by atoms with Gasteiger partial charge in [-0.3, -0.25) is 9.59 Å². The molecule has 27 heavy (non-hydrogen) atoms. The number of carbonyl (C=O) groups is 2. The van der Waals surface area contributed by atoms with Crippen LogP contribution in [0.4, 0.5) is 0 Å². The van der Waals surface area contributed by atoms with Gasteiger partial charge in [-0.25, -0.2) is 0 Å². The molecule has 1 N–H and O–H groups in total. The Bertz CT molecular complexity index is 743. The molecule has 6 heteroatoms. The Morgan fingerprint density at radius 2 is 1.96 bits per heavy atom. The Morgan fingerprint density at radius 3 is 2.67 bits per heavy atom. The van der Waals surface area contributed by atoms with Crippen molar-refractivity contribution in [1.82, 2.24) is 0 Å². The molecule has 2 spiro atoms. The highest BCUT2D eigenvalue weighted by Gasteiger charge is 2.80. The van der Waals surface area contributed by atoms with Crippen molar-refractivity contribution in [2.24, 2.45) is 34.0 Å². The zero-order chi connectivity index (χ0) is 19.4. The molecule has 5 aliphatic rings. The van der Waals surface area contributed by atoms with Gasteiger partial charge in [0.25, 0.3) is 0 Å². The normalized spacial score (nSPS) is 52.8. The minimum Gasteiger partial charge on any atom is -0.461 e. The fraction of sp³-hybridized carbons (Fsp3) is 0.810. The summed E-state index contributed by atoms with van der Waals surface area (Å²) in [6.45, 7) is 8.26. The molecular formula is C21H28O6. The first-order valence-electron chi connectivity index (χ1n) is 10.0. The maximum Gasteiger partial charge on any atom is 0.320 e. The number of ether oxygens (including phenoxy) is 3. The van der Waals surface area contributed by atoms with E-state index in [1.54, 1.807) is 7.11 Å². The quantitative estimate of drug-likeness (QED) is 0.429. The zero-order valence-corrected chi connectivity index (χ0v) is 16.2. The molecule has 0 radical (unpaired) electrons. The Balaban J connectivity index is 1.75. The number of ketones is 1. The van der Waals surface area contributed by atoms with Gasteiger partial charge >= 0.3 is 5.97 Å². The number of allylic oxidation sites excluding steroid dienone is 1. The second-order valence-electron chi connectivity index (χ2n) is 9.85. The first kappa shape index (κ1) is 17.8. The van der Waals surface area contributed by atoms with Crippen LogP contribution in [-0.4, -0.2) is 42.7 Å². The lowest BCUT2D eigenvalue weighted by Crippen LogP contribution is -2.70. The number of carbonyl (C=O) groups excluding carboxylic acids is 2. The summed E-state index contributed by atoms with van der Waals surface area (Å²) < 4.78 is 17.7. The fourth-order valence-electron chi connectivity index (χ4n) is 7.56. The molecule has 0 aromatic heterocycles. The molecule has 8 unspecified atom stereocenters. The lowest BCUT2D eigenvalue weighted by molar-refractivity contribution is -0.273. The van der Waals surface area contributed by atoms with E-state index in [4.69, 9.17) is 14.2 Å². The van der Waals surface area contributed by atoms with Gasteiger partial charge in [0.05, 0.1) is 5.41 Å². The first-order chi connectivity index (χ1) is 12.7. The van der Waals surface area contributed by atoms with Crippen LogP contribution in [0, 0.1) is 34.0 Å². The molecule has 2 bridgehead atoms. The Hall–Kier alpha value is -1.24. The van der Waals surface area contributed by atoms with E-state index in [-0.39, 0.29) is 29.0 Å². The molecule has 5 fully saturated rings. The molecular weight excluding hydrogens is 348 g/mol. The maximum absolute atomic E-state index is 13.3. The summed E-state index contributed by atoms with van der Waals surface area (Å²) in [5, 5.41) is 10.9. The number of hydrogen-bond donors (Lipinski definition) is 1. The highest BCUT2D eigenvalue weighted by atomic mass is 16.7. The van der Waals surface area contributed by atoms with Crippen LogP contribution in [0.3, 0.4) is 0 Å². The highest BCUT2D eigenvalue weighted by Crippen LogP contribution is 2.72. The molecule has 3 saturated carbocycles. The average Bonchev–Trinajstić information content (AvgIpc) is 3.04. The monoisotopic (exact) mass is 376 g/mol. The van der Waals surface area contributed by atoms with Crippen molar-refractivity contribution in [3.63, 3.8) is 0 Å². The molecule has 3 aliphatic carbocycles. The summed E-state index contributed by atoms with van der Waals surface area (Å²) in [4.78, 5) is 26.5. The number of aliphatic hydroxyl groups is 1. The molecule has 148 valence electrons. The van der Waals surface area contributed by atoms with Crippen LogP contribution in [-0.2, 0) is 23.8 Å². The third-order valence-electron chi connectivity index (χ3n) is 8.53. The third kappa shape index (κ3) is 1.79. The minimum absolute atomic E-state index is 0.0533. The largest absolute Gasteiger partial charge is 0.461 e. The van der Waals surface area contributed by atoms with Gasteiger partial charge in [0, 0.05) is 13.0 Å². The molecule has 2 heterocycles. The van der Waals surface area contributed by atoms with Gasteiger partial charge in [-0.1, -0.05) is 20.4 Å². The van der Waals surface area contributed by atoms with Crippen molar-refractivity contribution in [2.45, 2.75) is 64.6 Å². The van der Waals surface area contributed by atoms with Crippen molar-refractivity contribution in [3.05, 3.63) is 12.2 Å². The van der Waals surface area contributed by atoms with Crippen molar-refractivity contribution in [1.29, 1.82) is 0 Å². The van der Waals surface area contributed by atoms with Crippen LogP contribution in [0.15, 0.2) is 12.2 Å². The molecule has 2 aliphatic heterocycles. The Kier molecular flexibility index (Phi) is 3.45. The van der Waals surface area contributed by atoms with E-state index in [0.29, 0.717) is 18.4 Å². The topological polar surface area (TPSA) is 82.1 Å². The predicted octanol–water partition coefficient (Wildman–Crippen LogP) is 2.20. The molecule has 2 saturated heterocycles. The third-order valence-corrected chi connectivity index (χ3v) is 8.53. The van der Waals surface area contributed by atoms with Crippen LogP contribution in [0.1, 0.15) is 46.0 Å². The van der Waals surface area contributed by atoms with Gasteiger partial charge in [-0.15, -0.1) is 0 Å². The molecule has 5 rings (SSSR count). The van der Waals surface area contributed by atoms with Crippen LogP contribution in [0.5, 0.6) is 0 Å². The highest BCUT2D eigenvalue weighted by molar-refractivity contribution is 6.15. The van der Waals surface area contributed by atoms with E-state index in [1.165, 1.54) is 0 Å². The Labute approximate surface area is 159 Å². The smallest absolute Gasteiger partial charge is 0.320 e.